The van der Waals surface area contributed by atoms with Gasteiger partial charge in [-0.1, -0.05) is 42.5 Å². The van der Waals surface area contributed by atoms with E-state index in [1.807, 2.05) is 66.2 Å². The topological polar surface area (TPSA) is 53.6 Å². The Bertz CT molecular complexity index is 785. The Labute approximate surface area is 123 Å². The van der Waals surface area contributed by atoms with Crippen molar-refractivity contribution < 1.29 is 0 Å². The second-order valence-corrected chi connectivity index (χ2v) is 4.99. The van der Waals surface area contributed by atoms with Crippen molar-refractivity contribution in [1.29, 1.82) is 5.26 Å². The van der Waals surface area contributed by atoms with Crippen molar-refractivity contribution in [1.82, 2.24) is 14.9 Å². The fourth-order valence-electron chi connectivity index (χ4n) is 2.58. The highest BCUT2D eigenvalue weighted by molar-refractivity contribution is 5.75. The summed E-state index contributed by atoms with van der Waals surface area (Å²) in [6, 6.07) is 20.2. The van der Waals surface area contributed by atoms with Gasteiger partial charge in [0.05, 0.1) is 30.0 Å². The summed E-state index contributed by atoms with van der Waals surface area (Å²) in [7, 11) is 1.81. The van der Waals surface area contributed by atoms with Gasteiger partial charge in [-0.3, -0.25) is 5.32 Å². The number of hydrogen-bond acceptors (Lipinski definition) is 3. The van der Waals surface area contributed by atoms with Crippen LogP contribution in [0.5, 0.6) is 0 Å². The molecule has 1 N–H and O–H groups in total. The van der Waals surface area contributed by atoms with E-state index in [0.29, 0.717) is 6.54 Å². The number of hydrogen-bond donors (Lipinski definition) is 1. The molecule has 4 heteroatoms. The zero-order chi connectivity index (χ0) is 14.7. The minimum Gasteiger partial charge on any atom is -0.327 e. The van der Waals surface area contributed by atoms with Crippen LogP contribution in [0.2, 0.25) is 0 Å². The molecule has 0 amide bonds. The minimum absolute atomic E-state index is 0.504. The second kappa shape index (κ2) is 5.39. The molecule has 1 heterocycles. The molecule has 0 aliphatic carbocycles. The molecule has 0 spiro atoms. The van der Waals surface area contributed by atoms with Gasteiger partial charge in [-0.25, -0.2) is 4.98 Å². The Morgan fingerprint density at radius 1 is 1.14 bits per heavy atom. The predicted octanol–water partition coefficient (Wildman–Crippen LogP) is 2.67. The number of nitriles is 1. The molecular formula is C17H16N4. The van der Waals surface area contributed by atoms with E-state index < -0.39 is 5.54 Å². The third-order valence-electron chi connectivity index (χ3n) is 3.82. The molecule has 0 aliphatic rings. The van der Waals surface area contributed by atoms with Gasteiger partial charge in [-0.05, 0) is 24.7 Å². The summed E-state index contributed by atoms with van der Waals surface area (Å²) in [5.74, 6) is 0. The van der Waals surface area contributed by atoms with Crippen LogP contribution in [0.4, 0.5) is 0 Å². The van der Waals surface area contributed by atoms with Gasteiger partial charge in [-0.2, -0.15) is 5.26 Å². The molecule has 3 rings (SSSR count). The summed E-state index contributed by atoms with van der Waals surface area (Å²) < 4.78 is 2.02. The number of nitrogens with zero attached hydrogens (tertiary/aromatic N) is 3. The summed E-state index contributed by atoms with van der Waals surface area (Å²) in [6.07, 6.45) is 1.79. The molecule has 3 aromatic rings. The molecule has 104 valence electrons. The van der Waals surface area contributed by atoms with Crippen LogP contribution in [-0.4, -0.2) is 16.6 Å². The minimum atomic E-state index is -0.773. The fraction of sp³-hybridized carbons (Fsp3) is 0.176. The number of benzene rings is 2. The van der Waals surface area contributed by atoms with E-state index in [-0.39, 0.29) is 0 Å². The third-order valence-corrected chi connectivity index (χ3v) is 3.82. The summed E-state index contributed by atoms with van der Waals surface area (Å²) in [6.45, 7) is 0.504. The molecule has 0 aliphatic heterocycles. The highest BCUT2D eigenvalue weighted by Gasteiger charge is 2.31. The van der Waals surface area contributed by atoms with E-state index in [4.69, 9.17) is 0 Å². The Hall–Kier alpha value is -2.64. The van der Waals surface area contributed by atoms with Gasteiger partial charge < -0.3 is 4.57 Å². The molecule has 0 fully saturated rings. The van der Waals surface area contributed by atoms with Crippen LogP contribution in [-0.2, 0) is 12.1 Å². The van der Waals surface area contributed by atoms with E-state index in [0.717, 1.165) is 16.6 Å². The molecule has 21 heavy (non-hydrogen) atoms. The quantitative estimate of drug-likeness (QED) is 0.797. The average molecular weight is 276 g/mol. The summed E-state index contributed by atoms with van der Waals surface area (Å²) in [5.41, 5.74) is 2.15. The molecule has 0 radical (unpaired) electrons. The lowest BCUT2D eigenvalue weighted by Crippen LogP contribution is -2.42. The van der Waals surface area contributed by atoms with E-state index >= 15 is 0 Å². The summed E-state index contributed by atoms with van der Waals surface area (Å²) >= 11 is 0. The number of rotatable bonds is 4. The molecule has 4 nitrogen and oxygen atoms in total. The molecule has 0 saturated carbocycles. The molecule has 1 unspecified atom stereocenters. The number of fused-ring (bicyclic) bond motifs is 1. The number of likely N-dealkylation sites (N-methyl/N-ethyl adjacent to an activating group) is 1. The zero-order valence-electron chi connectivity index (χ0n) is 11.8. The third kappa shape index (κ3) is 2.28. The predicted molar refractivity (Wildman–Crippen MR) is 82.5 cm³/mol. The number of aromatic nitrogens is 2. The van der Waals surface area contributed by atoms with Crippen molar-refractivity contribution in [2.75, 3.05) is 7.05 Å². The van der Waals surface area contributed by atoms with E-state index in [1.54, 1.807) is 6.33 Å². The molecule has 1 atom stereocenters. The van der Waals surface area contributed by atoms with Crippen LogP contribution < -0.4 is 5.32 Å². The molecule has 0 bridgehead atoms. The van der Waals surface area contributed by atoms with Crippen LogP contribution in [0.1, 0.15) is 5.56 Å². The Morgan fingerprint density at radius 3 is 2.57 bits per heavy atom. The molecule has 1 aromatic heterocycles. The largest absolute Gasteiger partial charge is 0.327 e. The SMILES string of the molecule is CNC(C#N)(Cn1cnc2ccccc21)c1ccccc1. The first kappa shape index (κ1) is 13.3. The standard InChI is InChI=1S/C17H16N4/c1-19-17(11-18,14-7-3-2-4-8-14)12-21-13-20-15-9-5-6-10-16(15)21/h2-10,13,19H,12H2,1H3. The Morgan fingerprint density at radius 2 is 1.86 bits per heavy atom. The molecule has 2 aromatic carbocycles. The van der Waals surface area contributed by atoms with Crippen molar-refractivity contribution in [3.63, 3.8) is 0 Å². The van der Waals surface area contributed by atoms with Gasteiger partial charge in [0.15, 0.2) is 0 Å². The second-order valence-electron chi connectivity index (χ2n) is 4.99. The Balaban J connectivity index is 2.06. The maximum Gasteiger partial charge on any atom is 0.150 e. The maximum absolute atomic E-state index is 9.75. The molecule has 0 saturated heterocycles. The van der Waals surface area contributed by atoms with Crippen LogP contribution in [0.3, 0.4) is 0 Å². The average Bonchev–Trinajstić information content (AvgIpc) is 2.96. The van der Waals surface area contributed by atoms with Crippen LogP contribution in [0.15, 0.2) is 60.9 Å². The highest BCUT2D eigenvalue weighted by Crippen LogP contribution is 2.24. The maximum atomic E-state index is 9.75. The first-order valence-electron chi connectivity index (χ1n) is 6.85. The van der Waals surface area contributed by atoms with Gasteiger partial charge in [0, 0.05) is 0 Å². The number of para-hydroxylation sites is 2. The number of imidazole rings is 1. The van der Waals surface area contributed by atoms with Crippen LogP contribution >= 0.6 is 0 Å². The van der Waals surface area contributed by atoms with Crippen LogP contribution in [0.25, 0.3) is 11.0 Å². The zero-order valence-corrected chi connectivity index (χ0v) is 11.8. The van der Waals surface area contributed by atoms with Gasteiger partial charge in [0.2, 0.25) is 0 Å². The van der Waals surface area contributed by atoms with Crippen molar-refractivity contribution in [3.05, 3.63) is 66.5 Å². The van der Waals surface area contributed by atoms with Gasteiger partial charge in [-0.15, -0.1) is 0 Å². The van der Waals surface area contributed by atoms with E-state index in [2.05, 4.69) is 16.4 Å². The lowest BCUT2D eigenvalue weighted by atomic mass is 9.91. The summed E-state index contributed by atoms with van der Waals surface area (Å²) in [4.78, 5) is 4.39. The van der Waals surface area contributed by atoms with Crippen molar-refractivity contribution >= 4 is 11.0 Å². The van der Waals surface area contributed by atoms with Crippen molar-refractivity contribution in [3.8, 4) is 6.07 Å². The van der Waals surface area contributed by atoms with Gasteiger partial charge in [0.25, 0.3) is 0 Å². The Kier molecular flexibility index (Phi) is 3.43. The van der Waals surface area contributed by atoms with E-state index in [1.165, 1.54) is 0 Å². The number of nitrogens with one attached hydrogen (secondary N) is 1. The highest BCUT2D eigenvalue weighted by atomic mass is 15.1. The fourth-order valence-corrected chi connectivity index (χ4v) is 2.58. The lowest BCUT2D eigenvalue weighted by Gasteiger charge is -2.27. The van der Waals surface area contributed by atoms with Crippen molar-refractivity contribution in [2.45, 2.75) is 12.1 Å². The summed E-state index contributed by atoms with van der Waals surface area (Å²) in [5, 5.41) is 12.9. The molecular weight excluding hydrogens is 260 g/mol. The van der Waals surface area contributed by atoms with E-state index in [9.17, 15) is 5.26 Å². The lowest BCUT2D eigenvalue weighted by molar-refractivity contribution is 0.403. The first-order valence-corrected chi connectivity index (χ1v) is 6.85. The van der Waals surface area contributed by atoms with Gasteiger partial charge in [0.1, 0.15) is 5.54 Å². The van der Waals surface area contributed by atoms with Crippen LogP contribution in [0, 0.1) is 11.3 Å². The normalized spacial score (nSPS) is 13.7. The van der Waals surface area contributed by atoms with Crippen molar-refractivity contribution in [2.24, 2.45) is 0 Å². The van der Waals surface area contributed by atoms with Gasteiger partial charge >= 0.3 is 0 Å². The monoisotopic (exact) mass is 276 g/mol. The smallest absolute Gasteiger partial charge is 0.150 e. The first-order chi connectivity index (χ1) is 10.3.